The Kier molecular flexibility index (Phi) is 6.51. The second-order valence-corrected chi connectivity index (χ2v) is 9.68. The zero-order valence-electron chi connectivity index (χ0n) is 18.3. The van der Waals surface area contributed by atoms with Gasteiger partial charge in [-0.15, -0.1) is 0 Å². The molecule has 9 nitrogen and oxygen atoms in total. The summed E-state index contributed by atoms with van der Waals surface area (Å²) < 4.78 is 22.3. The van der Waals surface area contributed by atoms with Crippen LogP contribution in [0, 0.1) is 17.2 Å². The van der Waals surface area contributed by atoms with Crippen LogP contribution in [0.1, 0.15) is 44.7 Å². The van der Waals surface area contributed by atoms with Crippen molar-refractivity contribution in [2.45, 2.75) is 57.3 Å². The number of hydrogen-bond donors (Lipinski definition) is 2. The number of hydrogen-bond acceptors (Lipinski definition) is 5. The normalized spacial score (nSPS) is 27.9. The maximum Gasteiger partial charge on any atom is 0.259 e. The fourth-order valence-corrected chi connectivity index (χ4v) is 5.71. The number of nitrogens with zero attached hydrogens (tertiary/aromatic N) is 4. The molecule has 2 bridgehead atoms. The number of nitrogens with one attached hydrogen (secondary N) is 1. The van der Waals surface area contributed by atoms with Crippen molar-refractivity contribution < 1.29 is 18.4 Å². The van der Waals surface area contributed by atoms with E-state index in [2.05, 4.69) is 15.7 Å². The molecule has 6 atom stereocenters. The van der Waals surface area contributed by atoms with Crippen molar-refractivity contribution in [2.24, 2.45) is 5.92 Å². The maximum atomic E-state index is 13.2. The van der Waals surface area contributed by atoms with Gasteiger partial charge in [-0.25, -0.2) is 4.21 Å². The van der Waals surface area contributed by atoms with E-state index in [0.29, 0.717) is 18.8 Å². The average Bonchev–Trinajstić information content (AvgIpc) is 3.47. The monoisotopic (exact) mass is 459 g/mol. The van der Waals surface area contributed by atoms with Gasteiger partial charge in [0, 0.05) is 37.3 Å². The fourth-order valence-electron chi connectivity index (χ4n) is 5.37. The van der Waals surface area contributed by atoms with Gasteiger partial charge in [0.15, 0.2) is 0 Å². The summed E-state index contributed by atoms with van der Waals surface area (Å²) in [4.78, 5) is 31.8. The molecule has 0 spiro atoms. The third-order valence-electron chi connectivity index (χ3n) is 6.94. The molecule has 2 N–H and O–H groups in total. The topological polar surface area (TPSA) is 117 Å². The molecule has 0 aliphatic carbocycles. The van der Waals surface area contributed by atoms with Gasteiger partial charge in [-0.05, 0) is 43.9 Å². The molecular weight excluding hydrogens is 430 g/mol. The molecule has 2 amide bonds. The van der Waals surface area contributed by atoms with Gasteiger partial charge in [-0.3, -0.25) is 23.8 Å². The van der Waals surface area contributed by atoms with E-state index in [-0.39, 0.29) is 41.9 Å². The van der Waals surface area contributed by atoms with Crippen LogP contribution in [0.15, 0.2) is 24.3 Å². The predicted octanol–water partition coefficient (Wildman–Crippen LogP) is 1.73. The molecule has 32 heavy (non-hydrogen) atoms. The Morgan fingerprint density at radius 2 is 2.06 bits per heavy atom. The van der Waals surface area contributed by atoms with Crippen LogP contribution in [0.2, 0.25) is 0 Å². The van der Waals surface area contributed by atoms with E-state index in [0.717, 1.165) is 31.4 Å². The smallest absolute Gasteiger partial charge is 0.259 e. The summed E-state index contributed by atoms with van der Waals surface area (Å²) >= 11 is -2.12. The molecule has 3 fully saturated rings. The zero-order chi connectivity index (χ0) is 23.0. The molecule has 0 saturated carbocycles. The van der Waals surface area contributed by atoms with Crippen molar-refractivity contribution in [2.75, 3.05) is 24.4 Å². The molecule has 1 unspecified atom stereocenters. The first-order chi connectivity index (χ1) is 15.3. The number of carbonyl (C=O) groups excluding carboxylic acids is 2. The van der Waals surface area contributed by atoms with Crippen molar-refractivity contribution in [3.63, 3.8) is 0 Å². The second kappa shape index (κ2) is 9.17. The second-order valence-electron chi connectivity index (χ2n) is 8.97. The van der Waals surface area contributed by atoms with E-state index in [9.17, 15) is 19.1 Å². The summed E-state index contributed by atoms with van der Waals surface area (Å²) in [7, 11) is 0. The van der Waals surface area contributed by atoms with Crippen molar-refractivity contribution >= 4 is 28.8 Å². The predicted molar refractivity (Wildman–Crippen MR) is 119 cm³/mol. The summed E-state index contributed by atoms with van der Waals surface area (Å²) in [6.07, 6.45) is 2.37. The SMILES string of the molecule is C[C@@H](CN1C[C@H]2C[C@@H]1C(=O)N2[C@@H](C)c1ccc(NS(=O)O)cc1)C(=O)N1CCC[C@H]1C#N. The standard InChI is InChI=1S/C22H29N5O4S/c1-14(21(28)26-9-3-4-18(26)11-23)12-25-13-19-10-20(25)22(29)27(19)15(2)16-5-7-17(8-6-16)24-32(30)31/h5-8,14-15,18-20,24H,3-4,9-10,12-13H2,1-2H3,(H,30,31)/t14-,15-,18-,19+,20+/m0/s1. The Balaban J connectivity index is 1.37. The minimum Gasteiger partial charge on any atom is -0.330 e. The van der Waals surface area contributed by atoms with Gasteiger partial charge in [-0.1, -0.05) is 19.1 Å². The quantitative estimate of drug-likeness (QED) is 0.600. The highest BCUT2D eigenvalue weighted by Crippen LogP contribution is 2.38. The summed E-state index contributed by atoms with van der Waals surface area (Å²) in [5.74, 6) is -0.158. The highest BCUT2D eigenvalue weighted by atomic mass is 32.2. The van der Waals surface area contributed by atoms with Crippen LogP contribution >= 0.6 is 0 Å². The van der Waals surface area contributed by atoms with E-state index in [4.69, 9.17) is 4.55 Å². The molecular formula is C22H29N5O4S. The molecule has 0 radical (unpaired) electrons. The van der Waals surface area contributed by atoms with Gasteiger partial charge in [-0.2, -0.15) is 5.26 Å². The van der Waals surface area contributed by atoms with Crippen LogP contribution in [0.3, 0.4) is 0 Å². The number of anilines is 1. The Labute approximate surface area is 190 Å². The van der Waals surface area contributed by atoms with E-state index in [1.54, 1.807) is 17.0 Å². The van der Waals surface area contributed by atoms with Crippen LogP contribution in [0.5, 0.6) is 0 Å². The fraction of sp³-hybridized carbons (Fsp3) is 0.591. The van der Waals surface area contributed by atoms with E-state index in [1.165, 1.54) is 0 Å². The van der Waals surface area contributed by atoms with Gasteiger partial charge >= 0.3 is 0 Å². The van der Waals surface area contributed by atoms with Crippen LogP contribution < -0.4 is 4.72 Å². The van der Waals surface area contributed by atoms with Gasteiger partial charge in [0.2, 0.25) is 11.8 Å². The molecule has 3 aliphatic rings. The Morgan fingerprint density at radius 1 is 1.34 bits per heavy atom. The zero-order valence-corrected chi connectivity index (χ0v) is 19.1. The number of benzene rings is 1. The lowest BCUT2D eigenvalue weighted by Crippen LogP contribution is -2.53. The first-order valence-corrected chi connectivity index (χ1v) is 12.1. The first-order valence-electron chi connectivity index (χ1n) is 11.0. The Morgan fingerprint density at radius 3 is 2.69 bits per heavy atom. The van der Waals surface area contributed by atoms with Crippen LogP contribution in [0.4, 0.5) is 5.69 Å². The molecule has 3 saturated heterocycles. The number of rotatable bonds is 7. The highest BCUT2D eigenvalue weighted by Gasteiger charge is 2.51. The lowest BCUT2D eigenvalue weighted by atomic mass is 10.0. The largest absolute Gasteiger partial charge is 0.330 e. The average molecular weight is 460 g/mol. The lowest BCUT2D eigenvalue weighted by molar-refractivity contribution is -0.142. The summed E-state index contributed by atoms with van der Waals surface area (Å²) in [6.45, 7) is 5.79. The van der Waals surface area contributed by atoms with Gasteiger partial charge in [0.05, 0.1) is 18.2 Å². The number of fused-ring (bicyclic) bond motifs is 2. The maximum absolute atomic E-state index is 13.2. The number of likely N-dealkylation sites (tertiary alicyclic amines) is 3. The third-order valence-corrected chi connectivity index (χ3v) is 7.35. The van der Waals surface area contributed by atoms with Gasteiger partial charge in [0.25, 0.3) is 11.3 Å². The van der Waals surface area contributed by atoms with Crippen molar-refractivity contribution in [3.8, 4) is 6.07 Å². The van der Waals surface area contributed by atoms with Gasteiger partial charge in [0.1, 0.15) is 6.04 Å². The Hall–Kier alpha value is -2.48. The van der Waals surface area contributed by atoms with E-state index >= 15 is 0 Å². The number of carbonyl (C=O) groups is 2. The van der Waals surface area contributed by atoms with E-state index in [1.807, 2.05) is 30.9 Å². The van der Waals surface area contributed by atoms with Crippen LogP contribution in [0.25, 0.3) is 0 Å². The molecule has 0 aromatic heterocycles. The molecule has 3 aliphatic heterocycles. The Bertz CT molecular complexity index is 949. The molecule has 1 aromatic rings. The molecule has 1 aromatic carbocycles. The van der Waals surface area contributed by atoms with Gasteiger partial charge < -0.3 is 9.80 Å². The van der Waals surface area contributed by atoms with Crippen molar-refractivity contribution in [1.29, 1.82) is 5.26 Å². The number of piperazine rings is 1. The number of amides is 2. The summed E-state index contributed by atoms with van der Waals surface area (Å²) in [5, 5.41) is 9.27. The van der Waals surface area contributed by atoms with Crippen molar-refractivity contribution in [1.82, 2.24) is 14.7 Å². The molecule has 172 valence electrons. The van der Waals surface area contributed by atoms with E-state index < -0.39 is 11.3 Å². The van der Waals surface area contributed by atoms with Crippen LogP contribution in [-0.4, -0.2) is 73.0 Å². The first kappa shape index (κ1) is 22.7. The minimum absolute atomic E-state index is 0.00649. The molecule has 10 heteroatoms. The molecule has 4 rings (SSSR count). The summed E-state index contributed by atoms with van der Waals surface area (Å²) in [5.41, 5.74) is 1.50. The van der Waals surface area contributed by atoms with Crippen molar-refractivity contribution in [3.05, 3.63) is 29.8 Å². The highest BCUT2D eigenvalue weighted by molar-refractivity contribution is 7.80. The van der Waals surface area contributed by atoms with Crippen LogP contribution in [-0.2, 0) is 20.9 Å². The lowest BCUT2D eigenvalue weighted by Gasteiger charge is -2.38. The molecule has 3 heterocycles. The minimum atomic E-state index is -2.12. The summed E-state index contributed by atoms with van der Waals surface area (Å²) in [6, 6.07) is 8.87. The number of nitriles is 1. The third kappa shape index (κ3) is 4.25.